The Hall–Kier alpha value is -1.62. The summed E-state index contributed by atoms with van der Waals surface area (Å²) < 4.78 is 4.61. The lowest BCUT2D eigenvalue weighted by Crippen LogP contribution is -2.28. The van der Waals surface area contributed by atoms with Gasteiger partial charge >= 0.3 is 5.97 Å². The fraction of sp³-hybridized carbons (Fsp3) is 0.111. The lowest BCUT2D eigenvalue weighted by molar-refractivity contribution is 0.0599. The van der Waals surface area contributed by atoms with Crippen molar-refractivity contribution in [3.63, 3.8) is 0 Å². The van der Waals surface area contributed by atoms with Crippen molar-refractivity contribution in [1.82, 2.24) is 0 Å². The predicted molar refractivity (Wildman–Crippen MR) is 52.7 cm³/mol. The molecular formula is C9H6N2O2S. The molecule has 1 aliphatic rings. The Morgan fingerprint density at radius 1 is 1.43 bits per heavy atom. The van der Waals surface area contributed by atoms with Crippen LogP contribution in [0.5, 0.6) is 0 Å². The van der Waals surface area contributed by atoms with Gasteiger partial charge in [-0.2, -0.15) is 0 Å². The van der Waals surface area contributed by atoms with Gasteiger partial charge in [-0.1, -0.05) is 6.07 Å². The number of ether oxygens (including phenoxy) is 1. The minimum atomic E-state index is -0.425. The molecule has 1 aromatic rings. The van der Waals surface area contributed by atoms with E-state index in [2.05, 4.69) is 14.7 Å². The SMILES string of the molecule is COC(=O)c1cccc2c1=NC(=S)N=2. The normalized spacial score (nSPS) is 12.8. The monoisotopic (exact) mass is 206 g/mol. The zero-order valence-corrected chi connectivity index (χ0v) is 8.17. The molecule has 0 atom stereocenters. The topological polar surface area (TPSA) is 51.0 Å². The molecule has 14 heavy (non-hydrogen) atoms. The first kappa shape index (κ1) is 8.96. The molecule has 0 spiro atoms. The lowest BCUT2D eigenvalue weighted by atomic mass is 10.2. The number of hydrogen-bond acceptors (Lipinski definition) is 3. The molecule has 0 saturated carbocycles. The molecule has 2 rings (SSSR count). The number of para-hydroxylation sites is 1. The molecule has 0 fully saturated rings. The third kappa shape index (κ3) is 1.31. The zero-order valence-electron chi connectivity index (χ0n) is 7.35. The highest BCUT2D eigenvalue weighted by Crippen LogP contribution is 1.95. The number of thiocarbonyl (C=S) groups is 1. The zero-order chi connectivity index (χ0) is 10.1. The maximum absolute atomic E-state index is 11.3. The van der Waals surface area contributed by atoms with Gasteiger partial charge in [0.1, 0.15) is 5.36 Å². The molecule has 0 bridgehead atoms. The van der Waals surface area contributed by atoms with Crippen molar-refractivity contribution in [1.29, 1.82) is 0 Å². The Morgan fingerprint density at radius 2 is 2.21 bits per heavy atom. The molecule has 0 N–H and O–H groups in total. The molecule has 0 unspecified atom stereocenters. The summed E-state index contributed by atoms with van der Waals surface area (Å²) in [4.78, 5) is 19.3. The van der Waals surface area contributed by atoms with Gasteiger partial charge in [0.2, 0.25) is 5.11 Å². The molecular weight excluding hydrogens is 200 g/mol. The number of esters is 1. The van der Waals surface area contributed by atoms with E-state index >= 15 is 0 Å². The van der Waals surface area contributed by atoms with Gasteiger partial charge in [-0.25, -0.2) is 14.8 Å². The summed E-state index contributed by atoms with van der Waals surface area (Å²) >= 11 is 4.82. The van der Waals surface area contributed by atoms with Crippen molar-refractivity contribution in [3.8, 4) is 0 Å². The van der Waals surface area contributed by atoms with Gasteiger partial charge in [-0.15, -0.1) is 0 Å². The molecule has 0 saturated heterocycles. The molecule has 1 aromatic carbocycles. The van der Waals surface area contributed by atoms with Gasteiger partial charge in [0, 0.05) is 0 Å². The van der Waals surface area contributed by atoms with Crippen molar-refractivity contribution in [2.45, 2.75) is 0 Å². The minimum absolute atomic E-state index is 0.247. The van der Waals surface area contributed by atoms with Gasteiger partial charge in [0.15, 0.2) is 0 Å². The van der Waals surface area contributed by atoms with Crippen LogP contribution in [0.2, 0.25) is 0 Å². The third-order valence-corrected chi connectivity index (χ3v) is 2.03. The fourth-order valence-corrected chi connectivity index (χ4v) is 1.43. The van der Waals surface area contributed by atoms with E-state index in [9.17, 15) is 4.79 Å². The van der Waals surface area contributed by atoms with Gasteiger partial charge in [-0.3, -0.25) is 0 Å². The van der Waals surface area contributed by atoms with Crippen LogP contribution < -0.4 is 10.7 Å². The summed E-state index contributed by atoms with van der Waals surface area (Å²) in [5, 5.41) is 1.37. The summed E-state index contributed by atoms with van der Waals surface area (Å²) in [5.41, 5.74) is 0.397. The molecule has 0 aromatic heterocycles. The van der Waals surface area contributed by atoms with Crippen molar-refractivity contribution in [3.05, 3.63) is 34.5 Å². The highest BCUT2D eigenvalue weighted by molar-refractivity contribution is 7.80. The Morgan fingerprint density at radius 3 is 2.93 bits per heavy atom. The highest BCUT2D eigenvalue weighted by Gasteiger charge is 2.12. The quantitative estimate of drug-likeness (QED) is 0.480. The summed E-state index contributed by atoms with van der Waals surface area (Å²) in [6.45, 7) is 0. The summed E-state index contributed by atoms with van der Waals surface area (Å²) in [5.74, 6) is -0.425. The van der Waals surface area contributed by atoms with E-state index in [4.69, 9.17) is 12.2 Å². The fourth-order valence-electron chi connectivity index (χ4n) is 1.24. The first-order valence-corrected chi connectivity index (χ1v) is 4.32. The number of benzene rings is 1. The van der Waals surface area contributed by atoms with E-state index in [1.165, 1.54) is 7.11 Å². The number of fused-ring (bicyclic) bond motifs is 1. The second kappa shape index (κ2) is 3.26. The summed E-state index contributed by atoms with van der Waals surface area (Å²) in [6.07, 6.45) is 0. The van der Waals surface area contributed by atoms with Crippen LogP contribution in [0, 0.1) is 0 Å². The molecule has 70 valence electrons. The van der Waals surface area contributed by atoms with Crippen LogP contribution >= 0.6 is 12.2 Å². The predicted octanol–water partition coefficient (Wildman–Crippen LogP) is 0.0109. The maximum Gasteiger partial charge on any atom is 0.340 e. The van der Waals surface area contributed by atoms with Crippen LogP contribution in [0.15, 0.2) is 28.2 Å². The molecule has 0 amide bonds. The van der Waals surface area contributed by atoms with E-state index in [0.29, 0.717) is 16.3 Å². The smallest absolute Gasteiger partial charge is 0.340 e. The van der Waals surface area contributed by atoms with Crippen molar-refractivity contribution >= 4 is 23.3 Å². The van der Waals surface area contributed by atoms with E-state index in [1.807, 2.05) is 0 Å². The molecule has 4 nitrogen and oxygen atoms in total. The average molecular weight is 206 g/mol. The molecule has 1 heterocycles. The molecule has 0 radical (unpaired) electrons. The minimum Gasteiger partial charge on any atom is -0.465 e. The maximum atomic E-state index is 11.3. The van der Waals surface area contributed by atoms with E-state index in [-0.39, 0.29) is 5.11 Å². The number of carbonyl (C=O) groups is 1. The van der Waals surface area contributed by atoms with Gasteiger partial charge < -0.3 is 4.74 Å². The van der Waals surface area contributed by atoms with Crippen LogP contribution in [-0.4, -0.2) is 18.2 Å². The average Bonchev–Trinajstić information content (AvgIpc) is 2.56. The van der Waals surface area contributed by atoms with Crippen LogP contribution in [0.4, 0.5) is 0 Å². The first-order chi connectivity index (χ1) is 6.72. The van der Waals surface area contributed by atoms with Gasteiger partial charge in [0.25, 0.3) is 0 Å². The van der Waals surface area contributed by atoms with Crippen LogP contribution in [-0.2, 0) is 4.74 Å². The van der Waals surface area contributed by atoms with Crippen molar-refractivity contribution in [2.75, 3.05) is 7.11 Å². The molecule has 5 heteroatoms. The van der Waals surface area contributed by atoms with Crippen LogP contribution in [0.25, 0.3) is 0 Å². The summed E-state index contributed by atoms with van der Waals surface area (Å²) in [6, 6.07) is 5.11. The van der Waals surface area contributed by atoms with Crippen molar-refractivity contribution in [2.24, 2.45) is 9.98 Å². The number of carbonyl (C=O) groups excluding carboxylic acids is 1. The second-order valence-corrected chi connectivity index (χ2v) is 3.04. The Kier molecular flexibility index (Phi) is 2.09. The van der Waals surface area contributed by atoms with Gasteiger partial charge in [0.05, 0.1) is 18.0 Å². The first-order valence-electron chi connectivity index (χ1n) is 3.91. The van der Waals surface area contributed by atoms with Gasteiger partial charge in [-0.05, 0) is 24.4 Å². The third-order valence-electron chi connectivity index (χ3n) is 1.84. The van der Waals surface area contributed by atoms with E-state index in [0.717, 1.165) is 0 Å². The number of methoxy groups -OCH3 is 1. The lowest BCUT2D eigenvalue weighted by Gasteiger charge is -1.96. The Labute approximate surface area is 84.9 Å². The number of rotatable bonds is 1. The van der Waals surface area contributed by atoms with Crippen LogP contribution in [0.1, 0.15) is 10.4 Å². The van der Waals surface area contributed by atoms with E-state index < -0.39 is 5.97 Å². The van der Waals surface area contributed by atoms with E-state index in [1.54, 1.807) is 18.2 Å². The number of hydrogen-bond donors (Lipinski definition) is 0. The van der Waals surface area contributed by atoms with Crippen molar-refractivity contribution < 1.29 is 9.53 Å². The number of nitrogens with zero attached hydrogens (tertiary/aromatic N) is 2. The largest absolute Gasteiger partial charge is 0.465 e. The molecule has 0 aliphatic carbocycles. The Balaban J connectivity index is 2.75. The Bertz CT molecular complexity index is 536. The highest BCUT2D eigenvalue weighted by atomic mass is 32.1. The standard InChI is InChI=1S/C9H6N2O2S/c1-13-8(12)5-3-2-4-6-7(5)11-9(14)10-6/h2-4H,1H3. The second-order valence-electron chi connectivity index (χ2n) is 2.67. The summed E-state index contributed by atoms with van der Waals surface area (Å²) in [7, 11) is 1.33. The molecule has 1 aliphatic heterocycles. The van der Waals surface area contributed by atoms with Crippen LogP contribution in [0.3, 0.4) is 0 Å².